The van der Waals surface area contributed by atoms with Gasteiger partial charge in [-0.25, -0.2) is 0 Å². The Hall–Kier alpha value is -0.500. The van der Waals surface area contributed by atoms with Gasteiger partial charge in [0.15, 0.2) is 0 Å². The molecule has 0 aliphatic heterocycles. The molecule has 1 unspecified atom stereocenters. The van der Waals surface area contributed by atoms with Crippen molar-refractivity contribution in [1.82, 2.24) is 5.32 Å². The van der Waals surface area contributed by atoms with Crippen LogP contribution in [0.3, 0.4) is 0 Å². The Balaban J connectivity index is 2.35. The monoisotopic (exact) mass is 141 g/mol. The minimum atomic E-state index is 0.345. The molecule has 1 aliphatic carbocycles. The van der Waals surface area contributed by atoms with E-state index in [2.05, 4.69) is 11.9 Å². The Labute approximate surface area is 61.9 Å². The molecule has 2 heteroatoms. The van der Waals surface area contributed by atoms with E-state index in [1.165, 1.54) is 6.42 Å². The molecule has 0 aromatic rings. The van der Waals surface area contributed by atoms with Gasteiger partial charge in [-0.1, -0.05) is 6.58 Å². The van der Waals surface area contributed by atoms with Crippen molar-refractivity contribution in [3.8, 4) is 0 Å². The lowest BCUT2D eigenvalue weighted by molar-refractivity contribution is 0.331. The first-order valence-electron chi connectivity index (χ1n) is 3.79. The van der Waals surface area contributed by atoms with Gasteiger partial charge in [-0.2, -0.15) is 0 Å². The van der Waals surface area contributed by atoms with Gasteiger partial charge >= 0.3 is 0 Å². The molecule has 0 saturated heterocycles. The third-order valence-electron chi connectivity index (χ3n) is 2.31. The minimum Gasteiger partial charge on any atom is -0.513 e. The van der Waals surface area contributed by atoms with Gasteiger partial charge in [0.2, 0.25) is 0 Å². The van der Waals surface area contributed by atoms with Crippen molar-refractivity contribution < 1.29 is 5.11 Å². The second kappa shape index (κ2) is 3.06. The average molecular weight is 141 g/mol. The van der Waals surface area contributed by atoms with Crippen LogP contribution in [0.4, 0.5) is 0 Å². The summed E-state index contributed by atoms with van der Waals surface area (Å²) >= 11 is 0. The van der Waals surface area contributed by atoms with Crippen LogP contribution >= 0.6 is 0 Å². The lowest BCUT2D eigenvalue weighted by atomic mass is 10.1. The predicted octanol–water partition coefficient (Wildman–Crippen LogP) is 1.45. The van der Waals surface area contributed by atoms with Crippen molar-refractivity contribution in [2.24, 2.45) is 5.92 Å². The summed E-state index contributed by atoms with van der Waals surface area (Å²) in [6, 6.07) is 0.592. The van der Waals surface area contributed by atoms with Gasteiger partial charge < -0.3 is 10.4 Å². The fraction of sp³-hybridized carbons (Fsp3) is 0.750. The topological polar surface area (TPSA) is 32.3 Å². The van der Waals surface area contributed by atoms with Crippen LogP contribution in [0.15, 0.2) is 12.3 Å². The van der Waals surface area contributed by atoms with Gasteiger partial charge in [0.25, 0.3) is 0 Å². The standard InChI is InChI=1S/C8H15NO/c1-6(10)7-3-4-8(5-7)9-2/h7-10H,1,3-5H2,2H3/t7-,8?/m0/s1. The molecule has 1 rings (SSSR count). The van der Waals surface area contributed by atoms with E-state index in [9.17, 15) is 0 Å². The number of aliphatic hydroxyl groups excluding tert-OH is 1. The summed E-state index contributed by atoms with van der Waals surface area (Å²) < 4.78 is 0. The van der Waals surface area contributed by atoms with Gasteiger partial charge in [-0.15, -0.1) is 0 Å². The fourth-order valence-corrected chi connectivity index (χ4v) is 1.55. The van der Waals surface area contributed by atoms with Gasteiger partial charge in [0.1, 0.15) is 0 Å². The molecule has 2 nitrogen and oxygen atoms in total. The van der Waals surface area contributed by atoms with Crippen molar-refractivity contribution in [2.45, 2.75) is 25.3 Å². The van der Waals surface area contributed by atoms with E-state index < -0.39 is 0 Å². The zero-order chi connectivity index (χ0) is 7.56. The van der Waals surface area contributed by atoms with E-state index in [4.69, 9.17) is 5.11 Å². The SMILES string of the molecule is C=C(O)[C@H]1CCC(NC)C1. The summed E-state index contributed by atoms with van der Waals surface area (Å²) in [6.07, 6.45) is 3.30. The highest BCUT2D eigenvalue weighted by Gasteiger charge is 2.24. The smallest absolute Gasteiger partial charge is 0.0882 e. The van der Waals surface area contributed by atoms with Gasteiger partial charge in [-0.05, 0) is 26.3 Å². The summed E-state index contributed by atoms with van der Waals surface area (Å²) in [4.78, 5) is 0. The first-order chi connectivity index (χ1) is 4.74. The van der Waals surface area contributed by atoms with E-state index in [1.54, 1.807) is 0 Å². The molecule has 0 radical (unpaired) electrons. The van der Waals surface area contributed by atoms with Crippen molar-refractivity contribution in [2.75, 3.05) is 7.05 Å². The summed E-state index contributed by atoms with van der Waals surface area (Å²) in [5.41, 5.74) is 0. The number of hydrogen-bond donors (Lipinski definition) is 2. The van der Waals surface area contributed by atoms with Crippen LogP contribution in [-0.2, 0) is 0 Å². The Morgan fingerprint density at radius 1 is 1.60 bits per heavy atom. The van der Waals surface area contributed by atoms with E-state index >= 15 is 0 Å². The first-order valence-corrected chi connectivity index (χ1v) is 3.79. The van der Waals surface area contributed by atoms with Gasteiger partial charge in [0.05, 0.1) is 5.76 Å². The molecule has 0 spiro atoms. The summed E-state index contributed by atoms with van der Waals surface area (Å²) in [5.74, 6) is 0.704. The number of allylic oxidation sites excluding steroid dienone is 1. The maximum atomic E-state index is 9.04. The Bertz CT molecular complexity index is 133. The highest BCUT2D eigenvalue weighted by atomic mass is 16.3. The Kier molecular flexibility index (Phi) is 2.33. The van der Waals surface area contributed by atoms with Crippen molar-refractivity contribution in [1.29, 1.82) is 0 Å². The molecule has 0 bridgehead atoms. The Morgan fingerprint density at radius 2 is 2.30 bits per heavy atom. The molecular formula is C8H15NO. The van der Waals surface area contributed by atoms with Crippen molar-refractivity contribution in [3.05, 3.63) is 12.3 Å². The number of rotatable bonds is 2. The highest BCUT2D eigenvalue weighted by Crippen LogP contribution is 2.28. The van der Waals surface area contributed by atoms with Crippen LogP contribution in [0.5, 0.6) is 0 Å². The van der Waals surface area contributed by atoms with Crippen LogP contribution in [0.1, 0.15) is 19.3 Å². The summed E-state index contributed by atoms with van der Waals surface area (Å²) in [7, 11) is 1.97. The van der Waals surface area contributed by atoms with E-state index in [-0.39, 0.29) is 0 Å². The molecule has 1 aliphatic rings. The Morgan fingerprint density at radius 3 is 2.60 bits per heavy atom. The minimum absolute atomic E-state index is 0.345. The zero-order valence-corrected chi connectivity index (χ0v) is 6.43. The van der Waals surface area contributed by atoms with Crippen LogP contribution in [-0.4, -0.2) is 18.2 Å². The largest absolute Gasteiger partial charge is 0.513 e. The van der Waals surface area contributed by atoms with Crippen LogP contribution in [0, 0.1) is 5.92 Å². The highest BCUT2D eigenvalue weighted by molar-refractivity contribution is 4.95. The van der Waals surface area contributed by atoms with E-state index in [0.29, 0.717) is 17.7 Å². The molecule has 58 valence electrons. The molecule has 10 heavy (non-hydrogen) atoms. The van der Waals surface area contributed by atoms with Crippen LogP contribution in [0.25, 0.3) is 0 Å². The molecule has 0 amide bonds. The second-order valence-corrected chi connectivity index (χ2v) is 2.99. The fourth-order valence-electron chi connectivity index (χ4n) is 1.55. The third-order valence-corrected chi connectivity index (χ3v) is 2.31. The van der Waals surface area contributed by atoms with Crippen LogP contribution in [0.2, 0.25) is 0 Å². The molecule has 2 atom stereocenters. The molecule has 2 N–H and O–H groups in total. The molecule has 0 aromatic carbocycles. The quantitative estimate of drug-likeness (QED) is 0.570. The molecule has 0 heterocycles. The molecule has 1 fully saturated rings. The van der Waals surface area contributed by atoms with Gasteiger partial charge in [0, 0.05) is 12.0 Å². The van der Waals surface area contributed by atoms with Crippen LogP contribution < -0.4 is 5.32 Å². The summed E-state index contributed by atoms with van der Waals surface area (Å²) in [5, 5.41) is 12.2. The number of nitrogens with one attached hydrogen (secondary N) is 1. The van der Waals surface area contributed by atoms with Gasteiger partial charge in [-0.3, -0.25) is 0 Å². The molecule has 0 aromatic heterocycles. The lowest BCUT2D eigenvalue weighted by Crippen LogP contribution is -2.21. The van der Waals surface area contributed by atoms with E-state index in [0.717, 1.165) is 12.8 Å². The zero-order valence-electron chi connectivity index (χ0n) is 6.43. The first kappa shape index (κ1) is 7.61. The van der Waals surface area contributed by atoms with Crippen molar-refractivity contribution in [3.63, 3.8) is 0 Å². The maximum Gasteiger partial charge on any atom is 0.0882 e. The number of hydrogen-bond acceptors (Lipinski definition) is 2. The van der Waals surface area contributed by atoms with Crippen molar-refractivity contribution >= 4 is 0 Å². The molecular weight excluding hydrogens is 126 g/mol. The second-order valence-electron chi connectivity index (χ2n) is 2.99. The molecule has 1 saturated carbocycles. The maximum absolute atomic E-state index is 9.04. The predicted molar refractivity (Wildman–Crippen MR) is 42.0 cm³/mol. The lowest BCUT2D eigenvalue weighted by Gasteiger charge is -2.08. The average Bonchev–Trinajstić information content (AvgIpc) is 2.34. The normalized spacial score (nSPS) is 32.5. The third kappa shape index (κ3) is 1.51. The summed E-state index contributed by atoms with van der Waals surface area (Å²) in [6.45, 7) is 3.53. The number of aliphatic hydroxyl groups is 1. The van der Waals surface area contributed by atoms with E-state index in [1.807, 2.05) is 7.05 Å².